The largest absolute Gasteiger partial charge is 0.309 e. The molecule has 0 amide bonds. The molecular weight excluding hydrogens is 896 g/mol. The van der Waals surface area contributed by atoms with Gasteiger partial charge in [0, 0.05) is 47.2 Å². The number of aromatic nitrogens is 2. The summed E-state index contributed by atoms with van der Waals surface area (Å²) in [5, 5.41) is 5.19. The first-order valence-corrected chi connectivity index (χ1v) is 15.7. The van der Waals surface area contributed by atoms with E-state index in [2.05, 4.69) is 197 Å². The number of hydrogen-bond acceptors (Lipinski definition) is 0. The van der Waals surface area contributed by atoms with E-state index in [1.54, 1.807) is 0 Å². The minimum absolute atomic E-state index is 1.17. The zero-order valence-corrected chi connectivity index (χ0v) is 27.3. The summed E-state index contributed by atoms with van der Waals surface area (Å²) >= 11 is 9.62. The Morgan fingerprint density at radius 3 is 0.833 bits per heavy atom. The van der Waals surface area contributed by atoms with Crippen LogP contribution in [0.2, 0.25) is 0 Å². The van der Waals surface area contributed by atoms with Crippen molar-refractivity contribution < 1.29 is 0 Å². The molecule has 36 heavy (non-hydrogen) atoms. The average molecular weight is 912 g/mol. The highest BCUT2D eigenvalue weighted by Gasteiger charge is 2.15. The van der Waals surface area contributed by atoms with Gasteiger partial charge in [-0.1, -0.05) is 0 Å². The van der Waals surface area contributed by atoms with Crippen molar-refractivity contribution >= 4 is 134 Å². The highest BCUT2D eigenvalue weighted by atomic mass is 127. The molecule has 5 aromatic carbocycles. The molecule has 2 aromatic heterocycles. The van der Waals surface area contributed by atoms with Gasteiger partial charge in [-0.2, -0.15) is 0 Å². The quantitative estimate of drug-likeness (QED) is 0.153. The van der Waals surface area contributed by atoms with E-state index < -0.39 is 0 Å². The van der Waals surface area contributed by atoms with Crippen LogP contribution in [0.25, 0.3) is 55.0 Å². The van der Waals surface area contributed by atoms with Crippen molar-refractivity contribution in [2.75, 3.05) is 0 Å². The Labute approximate surface area is 262 Å². The van der Waals surface area contributed by atoms with E-state index in [0.717, 1.165) is 0 Å². The minimum atomic E-state index is 1.17. The lowest BCUT2D eigenvalue weighted by Crippen LogP contribution is -1.97. The predicted molar refractivity (Wildman–Crippen MR) is 186 cm³/mol. The fraction of sp³-hybridized carbons (Fsp3) is 0. The topological polar surface area (TPSA) is 9.86 Å². The molecule has 6 heteroatoms. The summed E-state index contributed by atoms with van der Waals surface area (Å²) < 4.78 is 9.79. The third-order valence-corrected chi connectivity index (χ3v) is 9.43. The zero-order chi connectivity index (χ0) is 24.6. The molecule has 0 fully saturated rings. The van der Waals surface area contributed by atoms with Crippen LogP contribution in [-0.4, -0.2) is 9.13 Å². The summed E-state index contributed by atoms with van der Waals surface area (Å²) in [7, 11) is 0. The SMILES string of the molecule is Ic1ccc2c(c1)c1cc(I)ccc1n2-c1ccc(-n2c3ccc(I)cc3c3cc(I)ccc32)cc1. The van der Waals surface area contributed by atoms with Crippen LogP contribution < -0.4 is 0 Å². The van der Waals surface area contributed by atoms with Gasteiger partial charge in [-0.05, 0) is 187 Å². The Morgan fingerprint density at radius 2 is 0.583 bits per heavy atom. The Morgan fingerprint density at radius 1 is 0.333 bits per heavy atom. The first-order valence-electron chi connectivity index (χ1n) is 11.4. The molecule has 174 valence electrons. The third kappa shape index (κ3) is 3.80. The van der Waals surface area contributed by atoms with Crippen molar-refractivity contribution in [2.24, 2.45) is 0 Å². The molecule has 0 saturated heterocycles. The molecule has 0 unspecified atom stereocenters. The molecular formula is C30H16I4N2. The standard InChI is InChI=1S/C30H16I4N2/c31-17-1-9-27-23(13-17)24-14-18(32)2-10-28(24)35(27)21-5-7-22(8-6-21)36-29-11-3-19(33)15-25(29)26-16-20(34)4-12-30(26)36/h1-16H. The second-order valence-corrected chi connectivity index (χ2v) is 13.8. The monoisotopic (exact) mass is 912 g/mol. The van der Waals surface area contributed by atoms with Crippen molar-refractivity contribution in [2.45, 2.75) is 0 Å². The normalized spacial score (nSPS) is 11.9. The van der Waals surface area contributed by atoms with Crippen LogP contribution in [-0.2, 0) is 0 Å². The van der Waals surface area contributed by atoms with E-state index in [4.69, 9.17) is 0 Å². The molecule has 0 N–H and O–H groups in total. The van der Waals surface area contributed by atoms with Crippen molar-refractivity contribution in [1.82, 2.24) is 9.13 Å². The minimum Gasteiger partial charge on any atom is -0.309 e. The number of hydrogen-bond donors (Lipinski definition) is 0. The number of nitrogens with zero attached hydrogens (tertiary/aromatic N) is 2. The Bertz CT molecular complexity index is 1720. The number of rotatable bonds is 2. The van der Waals surface area contributed by atoms with Crippen LogP contribution in [0.3, 0.4) is 0 Å². The molecule has 7 aromatic rings. The van der Waals surface area contributed by atoms with Crippen LogP contribution in [0.15, 0.2) is 97.1 Å². The first-order chi connectivity index (χ1) is 17.5. The molecule has 0 aliphatic rings. The van der Waals surface area contributed by atoms with E-state index in [0.29, 0.717) is 0 Å². The summed E-state index contributed by atoms with van der Waals surface area (Å²) in [5.74, 6) is 0. The van der Waals surface area contributed by atoms with Crippen molar-refractivity contribution in [3.8, 4) is 11.4 Å². The van der Waals surface area contributed by atoms with E-state index >= 15 is 0 Å². The molecule has 0 saturated carbocycles. The number of halogens is 4. The number of fused-ring (bicyclic) bond motifs is 6. The Balaban J connectivity index is 1.46. The van der Waals surface area contributed by atoms with Gasteiger partial charge in [0.25, 0.3) is 0 Å². The van der Waals surface area contributed by atoms with Gasteiger partial charge in [0.2, 0.25) is 0 Å². The van der Waals surface area contributed by atoms with Gasteiger partial charge < -0.3 is 9.13 Å². The highest BCUT2D eigenvalue weighted by Crippen LogP contribution is 2.36. The summed E-state index contributed by atoms with van der Waals surface area (Å²) in [6, 6.07) is 35.9. The van der Waals surface area contributed by atoms with E-state index in [-0.39, 0.29) is 0 Å². The highest BCUT2D eigenvalue weighted by molar-refractivity contribution is 14.1. The van der Waals surface area contributed by atoms with Gasteiger partial charge in [0.1, 0.15) is 0 Å². The maximum Gasteiger partial charge on any atom is 0.0541 e. The lowest BCUT2D eigenvalue weighted by Gasteiger charge is -2.12. The molecule has 0 bridgehead atoms. The fourth-order valence-electron chi connectivity index (χ4n) is 5.24. The van der Waals surface area contributed by atoms with Gasteiger partial charge in [-0.15, -0.1) is 0 Å². The second kappa shape index (κ2) is 9.12. The zero-order valence-electron chi connectivity index (χ0n) is 18.6. The predicted octanol–water partition coefficient (Wildman–Crippen LogP) is 10.3. The molecule has 0 aliphatic heterocycles. The molecule has 0 radical (unpaired) electrons. The third-order valence-electron chi connectivity index (χ3n) is 6.74. The van der Waals surface area contributed by atoms with Crippen molar-refractivity contribution in [3.05, 3.63) is 111 Å². The summed E-state index contributed by atoms with van der Waals surface area (Å²) in [5.41, 5.74) is 7.29. The first kappa shape index (κ1) is 23.7. The van der Waals surface area contributed by atoms with Crippen LogP contribution in [0, 0.1) is 14.3 Å². The van der Waals surface area contributed by atoms with Gasteiger partial charge >= 0.3 is 0 Å². The van der Waals surface area contributed by atoms with Crippen LogP contribution in [0.1, 0.15) is 0 Å². The molecule has 2 nitrogen and oxygen atoms in total. The fourth-order valence-corrected chi connectivity index (χ4v) is 7.21. The van der Waals surface area contributed by atoms with Gasteiger partial charge in [0.05, 0.1) is 22.1 Å². The maximum absolute atomic E-state index is 2.41. The van der Waals surface area contributed by atoms with Crippen molar-refractivity contribution in [1.29, 1.82) is 0 Å². The van der Waals surface area contributed by atoms with E-state index in [1.165, 1.54) is 69.3 Å². The molecule has 0 spiro atoms. The van der Waals surface area contributed by atoms with Crippen LogP contribution >= 0.6 is 90.4 Å². The lowest BCUT2D eigenvalue weighted by molar-refractivity contribution is 1.14. The van der Waals surface area contributed by atoms with E-state index in [1.807, 2.05) is 0 Å². The van der Waals surface area contributed by atoms with Crippen LogP contribution in [0.4, 0.5) is 0 Å². The number of benzene rings is 5. The lowest BCUT2D eigenvalue weighted by atomic mass is 10.2. The second-order valence-electron chi connectivity index (χ2n) is 8.83. The average Bonchev–Trinajstić information content (AvgIpc) is 3.35. The van der Waals surface area contributed by atoms with E-state index in [9.17, 15) is 0 Å². The van der Waals surface area contributed by atoms with Gasteiger partial charge in [-0.3, -0.25) is 0 Å². The van der Waals surface area contributed by atoms with Crippen LogP contribution in [0.5, 0.6) is 0 Å². The van der Waals surface area contributed by atoms with Crippen molar-refractivity contribution in [3.63, 3.8) is 0 Å². The Kier molecular flexibility index (Phi) is 6.01. The summed E-state index contributed by atoms with van der Waals surface area (Å²) in [6.45, 7) is 0. The molecule has 2 heterocycles. The maximum atomic E-state index is 2.41. The summed E-state index contributed by atoms with van der Waals surface area (Å²) in [6.07, 6.45) is 0. The Hall–Kier alpha value is -1.38. The molecule has 7 rings (SSSR count). The molecule has 0 aliphatic carbocycles. The summed E-state index contributed by atoms with van der Waals surface area (Å²) in [4.78, 5) is 0. The molecule has 0 atom stereocenters. The van der Waals surface area contributed by atoms with Gasteiger partial charge in [-0.25, -0.2) is 0 Å². The smallest absolute Gasteiger partial charge is 0.0541 e. The van der Waals surface area contributed by atoms with Gasteiger partial charge in [0.15, 0.2) is 0 Å².